The zero-order valence-corrected chi connectivity index (χ0v) is 19.1. The molecule has 2 aliphatic heterocycles. The van der Waals surface area contributed by atoms with Crippen LogP contribution in [0.1, 0.15) is 79.2 Å². The van der Waals surface area contributed by atoms with Crippen molar-refractivity contribution in [2.24, 2.45) is 0 Å². The van der Waals surface area contributed by atoms with E-state index in [2.05, 4.69) is 28.9 Å². The van der Waals surface area contributed by atoms with Crippen molar-refractivity contribution in [1.82, 2.24) is 19.8 Å². The summed E-state index contributed by atoms with van der Waals surface area (Å²) < 4.78 is 0. The van der Waals surface area contributed by atoms with E-state index in [1.54, 1.807) is 0 Å². The molecule has 1 aliphatic carbocycles. The van der Waals surface area contributed by atoms with Crippen LogP contribution in [0.25, 0.3) is 0 Å². The molecule has 5 rings (SSSR count). The number of hydrogen-bond acceptors (Lipinski definition) is 4. The Morgan fingerprint density at radius 3 is 2.59 bits per heavy atom. The van der Waals surface area contributed by atoms with Crippen LogP contribution in [0, 0.1) is 6.92 Å². The molecule has 6 heteroatoms. The summed E-state index contributed by atoms with van der Waals surface area (Å²) in [4.78, 5) is 38.7. The number of carbonyl (C=O) groups is 1. The molecule has 2 aromatic rings. The number of carbonyl (C=O) groups excluding carboxylic acids is 1. The number of H-pyrrole nitrogens is 1. The van der Waals surface area contributed by atoms with Crippen molar-refractivity contribution in [1.29, 1.82) is 0 Å². The minimum Gasteiger partial charge on any atom is -0.332 e. The second-order valence-electron chi connectivity index (χ2n) is 9.80. The van der Waals surface area contributed by atoms with Crippen molar-refractivity contribution in [3.8, 4) is 0 Å². The third-order valence-corrected chi connectivity index (χ3v) is 7.58. The van der Waals surface area contributed by atoms with Crippen LogP contribution in [0.2, 0.25) is 0 Å². The Morgan fingerprint density at radius 2 is 1.81 bits per heavy atom. The number of rotatable bonds is 4. The van der Waals surface area contributed by atoms with Gasteiger partial charge in [0.2, 0.25) is 5.91 Å². The molecular formula is C26H34N4O2. The molecule has 1 atom stereocenters. The lowest BCUT2D eigenvalue weighted by molar-refractivity contribution is -0.134. The van der Waals surface area contributed by atoms with Crippen LogP contribution in [-0.2, 0) is 24.2 Å². The number of aromatic nitrogens is 2. The Morgan fingerprint density at radius 1 is 1.06 bits per heavy atom. The summed E-state index contributed by atoms with van der Waals surface area (Å²) in [6.07, 6.45) is 9.20. The first kappa shape index (κ1) is 21.4. The van der Waals surface area contributed by atoms with Gasteiger partial charge in [0, 0.05) is 31.2 Å². The van der Waals surface area contributed by atoms with E-state index in [1.807, 2.05) is 17.0 Å². The van der Waals surface area contributed by atoms with E-state index in [0.717, 1.165) is 62.1 Å². The molecule has 1 N–H and O–H groups in total. The molecule has 1 saturated carbocycles. The molecule has 0 bridgehead atoms. The molecule has 1 saturated heterocycles. The molecule has 1 aromatic carbocycles. The number of fused-ring (bicyclic) bond motifs is 1. The van der Waals surface area contributed by atoms with E-state index in [4.69, 9.17) is 4.98 Å². The number of hydrogen-bond donors (Lipinski definition) is 1. The summed E-state index contributed by atoms with van der Waals surface area (Å²) >= 11 is 0. The minimum atomic E-state index is -0.137. The Bertz CT molecular complexity index is 1020. The Kier molecular flexibility index (Phi) is 6.13. The number of aryl methyl sites for hydroxylation is 1. The van der Waals surface area contributed by atoms with E-state index in [9.17, 15) is 9.59 Å². The van der Waals surface area contributed by atoms with E-state index < -0.39 is 0 Å². The maximum atomic E-state index is 13.2. The number of benzene rings is 1. The number of nitrogens with zero attached hydrogens (tertiary/aromatic N) is 3. The maximum Gasteiger partial charge on any atom is 0.254 e. The summed E-state index contributed by atoms with van der Waals surface area (Å²) in [5.41, 5.74) is 3.99. The highest BCUT2D eigenvalue weighted by Gasteiger charge is 2.32. The molecule has 1 aromatic heterocycles. The quantitative estimate of drug-likeness (QED) is 0.797. The molecule has 170 valence electrons. The van der Waals surface area contributed by atoms with Gasteiger partial charge in [-0.1, -0.05) is 42.7 Å². The third-order valence-electron chi connectivity index (χ3n) is 7.58. The summed E-state index contributed by atoms with van der Waals surface area (Å²) in [6.45, 7) is 4.50. The molecule has 0 unspecified atom stereocenters. The van der Waals surface area contributed by atoms with Gasteiger partial charge in [-0.3, -0.25) is 14.5 Å². The Balaban J connectivity index is 1.38. The van der Waals surface area contributed by atoms with E-state index in [0.29, 0.717) is 18.3 Å². The summed E-state index contributed by atoms with van der Waals surface area (Å²) in [5.74, 6) is 0.797. The van der Waals surface area contributed by atoms with Crippen LogP contribution in [0.3, 0.4) is 0 Å². The van der Waals surface area contributed by atoms with Crippen molar-refractivity contribution >= 4 is 5.91 Å². The predicted molar refractivity (Wildman–Crippen MR) is 124 cm³/mol. The highest BCUT2D eigenvalue weighted by molar-refractivity contribution is 5.79. The van der Waals surface area contributed by atoms with Gasteiger partial charge in [0.1, 0.15) is 5.82 Å². The fourth-order valence-electron chi connectivity index (χ4n) is 5.71. The van der Waals surface area contributed by atoms with Crippen molar-refractivity contribution < 1.29 is 4.79 Å². The number of likely N-dealkylation sites (tertiary alicyclic amines) is 1. The standard InChI is InChI=1S/C26H34N4O2/c1-18-9-11-19(12-10-18)16-24(31)30-14-5-4-8-23(30)25-27-22-17-29(20-6-2-3-7-20)15-13-21(22)26(32)28-25/h9-12,20,23H,2-8,13-17H2,1H3,(H,27,28,32)/t23-/m0/s1. The molecule has 3 heterocycles. The van der Waals surface area contributed by atoms with Crippen LogP contribution in [0.4, 0.5) is 0 Å². The zero-order valence-electron chi connectivity index (χ0n) is 19.1. The number of piperidine rings is 1. The second-order valence-corrected chi connectivity index (χ2v) is 9.80. The number of aromatic amines is 1. The van der Waals surface area contributed by atoms with Gasteiger partial charge in [-0.2, -0.15) is 0 Å². The average Bonchev–Trinajstić information content (AvgIpc) is 3.35. The van der Waals surface area contributed by atoms with E-state index in [-0.39, 0.29) is 17.5 Å². The number of nitrogens with one attached hydrogen (secondary N) is 1. The smallest absolute Gasteiger partial charge is 0.254 e. The highest BCUT2D eigenvalue weighted by Crippen LogP contribution is 2.31. The average molecular weight is 435 g/mol. The molecule has 0 spiro atoms. The molecule has 2 fully saturated rings. The second kappa shape index (κ2) is 9.18. The van der Waals surface area contributed by atoms with Gasteiger partial charge < -0.3 is 9.88 Å². The van der Waals surface area contributed by atoms with Gasteiger partial charge in [0.05, 0.1) is 18.2 Å². The van der Waals surface area contributed by atoms with Crippen molar-refractivity contribution in [3.63, 3.8) is 0 Å². The van der Waals surface area contributed by atoms with Crippen LogP contribution < -0.4 is 5.56 Å². The monoisotopic (exact) mass is 434 g/mol. The molecule has 3 aliphatic rings. The van der Waals surface area contributed by atoms with Crippen LogP contribution in [0.5, 0.6) is 0 Å². The lowest BCUT2D eigenvalue weighted by Crippen LogP contribution is -2.43. The molecular weight excluding hydrogens is 400 g/mol. The summed E-state index contributed by atoms with van der Waals surface area (Å²) in [7, 11) is 0. The van der Waals surface area contributed by atoms with Gasteiger partial charge in [0.15, 0.2) is 0 Å². The van der Waals surface area contributed by atoms with Gasteiger partial charge in [-0.25, -0.2) is 4.98 Å². The van der Waals surface area contributed by atoms with Gasteiger partial charge in [0.25, 0.3) is 5.56 Å². The van der Waals surface area contributed by atoms with Crippen LogP contribution >= 0.6 is 0 Å². The van der Waals surface area contributed by atoms with Crippen molar-refractivity contribution in [2.45, 2.75) is 83.3 Å². The van der Waals surface area contributed by atoms with E-state index in [1.165, 1.54) is 31.2 Å². The van der Waals surface area contributed by atoms with Gasteiger partial charge in [-0.15, -0.1) is 0 Å². The Hall–Kier alpha value is -2.47. The highest BCUT2D eigenvalue weighted by atomic mass is 16.2. The first-order chi connectivity index (χ1) is 15.6. The summed E-state index contributed by atoms with van der Waals surface area (Å²) in [5, 5.41) is 0. The molecule has 32 heavy (non-hydrogen) atoms. The minimum absolute atomic E-state index is 0.00687. The maximum absolute atomic E-state index is 13.2. The topological polar surface area (TPSA) is 69.3 Å². The normalized spacial score (nSPS) is 22.2. The van der Waals surface area contributed by atoms with Gasteiger partial charge >= 0.3 is 0 Å². The first-order valence-electron chi connectivity index (χ1n) is 12.3. The largest absolute Gasteiger partial charge is 0.332 e. The fraction of sp³-hybridized carbons (Fsp3) is 0.577. The van der Waals surface area contributed by atoms with E-state index >= 15 is 0 Å². The molecule has 6 nitrogen and oxygen atoms in total. The lowest BCUT2D eigenvalue weighted by atomic mass is 9.98. The molecule has 0 radical (unpaired) electrons. The van der Waals surface area contributed by atoms with Crippen LogP contribution in [-0.4, -0.2) is 44.8 Å². The Labute approximate surface area is 190 Å². The lowest BCUT2D eigenvalue weighted by Gasteiger charge is -2.36. The third kappa shape index (κ3) is 4.38. The summed E-state index contributed by atoms with van der Waals surface area (Å²) in [6, 6.07) is 8.66. The van der Waals surface area contributed by atoms with Crippen molar-refractivity contribution in [3.05, 3.63) is 62.8 Å². The number of amides is 1. The van der Waals surface area contributed by atoms with Gasteiger partial charge in [-0.05, 0) is 51.0 Å². The first-order valence-corrected chi connectivity index (χ1v) is 12.3. The SMILES string of the molecule is Cc1ccc(CC(=O)N2CCCC[C@H]2c2nc3c(c(=O)[nH]2)CCN(C2CCCC2)C3)cc1. The van der Waals surface area contributed by atoms with Crippen LogP contribution in [0.15, 0.2) is 29.1 Å². The fourth-order valence-corrected chi connectivity index (χ4v) is 5.71. The molecule has 1 amide bonds. The predicted octanol–water partition coefficient (Wildman–Crippen LogP) is 3.68. The van der Waals surface area contributed by atoms with Crippen molar-refractivity contribution in [2.75, 3.05) is 13.1 Å². The zero-order chi connectivity index (χ0) is 22.1.